The zero-order valence-corrected chi connectivity index (χ0v) is 9.30. The van der Waals surface area contributed by atoms with Crippen LogP contribution in [0.3, 0.4) is 0 Å². The molecule has 3 nitrogen and oxygen atoms in total. The lowest BCUT2D eigenvalue weighted by atomic mass is 10.1. The molecule has 1 aliphatic carbocycles. The van der Waals surface area contributed by atoms with Crippen molar-refractivity contribution in [1.82, 2.24) is 4.98 Å². The van der Waals surface area contributed by atoms with E-state index in [4.69, 9.17) is 11.6 Å². The summed E-state index contributed by atoms with van der Waals surface area (Å²) in [5, 5.41) is 10.2. The fourth-order valence-corrected chi connectivity index (χ4v) is 1.54. The Bertz CT molecular complexity index is 451. The van der Waals surface area contributed by atoms with E-state index < -0.39 is 6.10 Å². The Hall–Kier alpha value is -1.45. The molecule has 1 heterocycles. The molecule has 0 spiro atoms. The number of pyridine rings is 1. The second-order valence-electron chi connectivity index (χ2n) is 3.40. The molecule has 16 heavy (non-hydrogen) atoms. The summed E-state index contributed by atoms with van der Waals surface area (Å²) in [5.74, 6) is 0. The van der Waals surface area contributed by atoms with Crippen LogP contribution in [-0.4, -0.2) is 21.9 Å². The number of aromatic nitrogens is 1. The average Bonchev–Trinajstić information content (AvgIpc) is 2.32. The molecule has 0 saturated carbocycles. The molecule has 0 saturated heterocycles. The number of aliphatic hydroxyl groups is 1. The van der Waals surface area contributed by atoms with Crippen LogP contribution >= 0.6 is 11.6 Å². The van der Waals surface area contributed by atoms with Gasteiger partial charge in [0.2, 0.25) is 0 Å². The summed E-state index contributed by atoms with van der Waals surface area (Å²) in [7, 11) is 0. The molecule has 0 bridgehead atoms. The Balaban J connectivity index is 2.11. The van der Waals surface area contributed by atoms with Gasteiger partial charge in [0.1, 0.15) is 6.10 Å². The maximum atomic E-state index is 9.62. The molecule has 1 unspecified atom stereocenters. The van der Waals surface area contributed by atoms with Crippen molar-refractivity contribution in [2.45, 2.75) is 12.6 Å². The lowest BCUT2D eigenvalue weighted by molar-refractivity contribution is 0.289. The molecule has 4 heteroatoms. The van der Waals surface area contributed by atoms with Crippen LogP contribution in [0.15, 0.2) is 52.6 Å². The van der Waals surface area contributed by atoms with Crippen LogP contribution in [0.5, 0.6) is 0 Å². The first-order valence-electron chi connectivity index (χ1n) is 4.93. The minimum Gasteiger partial charge on any atom is -0.383 e. The van der Waals surface area contributed by atoms with E-state index in [9.17, 15) is 5.11 Å². The summed E-state index contributed by atoms with van der Waals surface area (Å²) in [4.78, 5) is 8.42. The highest BCUT2D eigenvalue weighted by Gasteiger charge is 2.11. The third kappa shape index (κ3) is 2.78. The highest BCUT2D eigenvalue weighted by atomic mass is 35.5. The Morgan fingerprint density at radius 2 is 2.31 bits per heavy atom. The van der Waals surface area contributed by atoms with Gasteiger partial charge in [-0.05, 0) is 30.4 Å². The van der Waals surface area contributed by atoms with Gasteiger partial charge in [-0.3, -0.25) is 9.98 Å². The van der Waals surface area contributed by atoms with Gasteiger partial charge in [0.25, 0.3) is 0 Å². The number of hydrogen-bond acceptors (Lipinski definition) is 3. The summed E-state index contributed by atoms with van der Waals surface area (Å²) < 4.78 is 0. The monoisotopic (exact) mass is 234 g/mol. The van der Waals surface area contributed by atoms with E-state index in [0.717, 1.165) is 5.69 Å². The first kappa shape index (κ1) is 11.0. The molecule has 1 aliphatic rings. The van der Waals surface area contributed by atoms with Crippen molar-refractivity contribution in [2.75, 3.05) is 0 Å². The minimum atomic E-state index is -0.675. The average molecular weight is 235 g/mol. The summed E-state index contributed by atoms with van der Waals surface area (Å²) in [6, 6.07) is 5.65. The number of allylic oxidation sites excluding steroid dienone is 2. The smallest absolute Gasteiger partial charge is 0.114 e. The lowest BCUT2D eigenvalue weighted by Gasteiger charge is -2.10. The first-order chi connectivity index (χ1) is 7.75. The molecule has 0 radical (unpaired) electrons. The molecule has 1 aromatic rings. The SMILES string of the molecule is OC1C=CC(Cl)=C/C1=N\Cc1ccccn1. The molecule has 2 rings (SSSR count). The predicted octanol–water partition coefficient (Wildman–Crippen LogP) is 2.08. The molecule has 1 N–H and O–H groups in total. The zero-order valence-electron chi connectivity index (χ0n) is 8.55. The number of aliphatic imine (C=N–C) groups is 1. The summed E-state index contributed by atoms with van der Waals surface area (Å²) in [6.07, 6.45) is 5.97. The Kier molecular flexibility index (Phi) is 3.49. The standard InChI is InChI=1S/C12H11ClN2O/c13-9-4-5-12(16)11(7-9)15-8-10-3-1-2-6-14-10/h1-7,12,16H,8H2/b15-11+. The molecule has 0 aromatic carbocycles. The van der Waals surface area contributed by atoms with Crippen molar-refractivity contribution in [2.24, 2.45) is 4.99 Å². The quantitative estimate of drug-likeness (QED) is 0.852. The van der Waals surface area contributed by atoms with E-state index in [-0.39, 0.29) is 0 Å². The molecular weight excluding hydrogens is 224 g/mol. The third-order valence-corrected chi connectivity index (χ3v) is 2.41. The minimum absolute atomic E-state index is 0.446. The molecule has 0 amide bonds. The van der Waals surface area contributed by atoms with Crippen molar-refractivity contribution in [3.8, 4) is 0 Å². The van der Waals surface area contributed by atoms with Crippen LogP contribution in [0.25, 0.3) is 0 Å². The van der Waals surface area contributed by atoms with Crippen molar-refractivity contribution in [1.29, 1.82) is 0 Å². The second kappa shape index (κ2) is 5.05. The Labute approximate surface area is 98.8 Å². The molecule has 82 valence electrons. The largest absolute Gasteiger partial charge is 0.383 e. The lowest BCUT2D eigenvalue weighted by Crippen LogP contribution is -2.18. The van der Waals surface area contributed by atoms with Gasteiger partial charge < -0.3 is 5.11 Å². The van der Waals surface area contributed by atoms with Crippen LogP contribution < -0.4 is 0 Å². The van der Waals surface area contributed by atoms with E-state index in [1.165, 1.54) is 0 Å². The molecule has 0 aliphatic heterocycles. The van der Waals surface area contributed by atoms with Crippen molar-refractivity contribution in [3.63, 3.8) is 0 Å². The van der Waals surface area contributed by atoms with Crippen LogP contribution in [0, 0.1) is 0 Å². The maximum Gasteiger partial charge on any atom is 0.114 e. The Morgan fingerprint density at radius 1 is 1.44 bits per heavy atom. The van der Waals surface area contributed by atoms with Crippen LogP contribution in [0.4, 0.5) is 0 Å². The van der Waals surface area contributed by atoms with Gasteiger partial charge in [-0.25, -0.2) is 0 Å². The number of hydrogen-bond donors (Lipinski definition) is 1. The fraction of sp³-hybridized carbons (Fsp3) is 0.167. The maximum absolute atomic E-state index is 9.62. The number of halogens is 1. The van der Waals surface area contributed by atoms with Gasteiger partial charge in [-0.1, -0.05) is 17.7 Å². The summed E-state index contributed by atoms with van der Waals surface area (Å²) in [5.41, 5.74) is 1.43. The normalized spacial score (nSPS) is 22.2. The summed E-state index contributed by atoms with van der Waals surface area (Å²) >= 11 is 5.83. The van der Waals surface area contributed by atoms with Gasteiger partial charge in [-0.2, -0.15) is 0 Å². The topological polar surface area (TPSA) is 45.5 Å². The van der Waals surface area contributed by atoms with E-state index in [2.05, 4.69) is 9.98 Å². The Morgan fingerprint density at radius 3 is 3.06 bits per heavy atom. The van der Waals surface area contributed by atoms with E-state index in [1.807, 2.05) is 18.2 Å². The highest BCUT2D eigenvalue weighted by Crippen LogP contribution is 2.12. The zero-order chi connectivity index (χ0) is 11.4. The van der Waals surface area contributed by atoms with Gasteiger partial charge in [0, 0.05) is 11.2 Å². The van der Waals surface area contributed by atoms with Gasteiger partial charge in [-0.15, -0.1) is 0 Å². The van der Waals surface area contributed by atoms with E-state index >= 15 is 0 Å². The molecule has 1 aromatic heterocycles. The molecular formula is C12H11ClN2O. The van der Waals surface area contributed by atoms with Crippen LogP contribution in [0.2, 0.25) is 0 Å². The first-order valence-corrected chi connectivity index (χ1v) is 5.31. The van der Waals surface area contributed by atoms with Crippen molar-refractivity contribution >= 4 is 17.3 Å². The molecule has 1 atom stereocenters. The van der Waals surface area contributed by atoms with Crippen molar-refractivity contribution < 1.29 is 5.11 Å². The second-order valence-corrected chi connectivity index (χ2v) is 3.83. The highest BCUT2D eigenvalue weighted by molar-refractivity contribution is 6.33. The van der Waals surface area contributed by atoms with Gasteiger partial charge >= 0.3 is 0 Å². The predicted molar refractivity (Wildman–Crippen MR) is 64.5 cm³/mol. The van der Waals surface area contributed by atoms with Crippen LogP contribution in [0.1, 0.15) is 5.69 Å². The van der Waals surface area contributed by atoms with Gasteiger partial charge in [0.15, 0.2) is 0 Å². The summed E-state index contributed by atoms with van der Waals surface area (Å²) in [6.45, 7) is 0.446. The van der Waals surface area contributed by atoms with Crippen molar-refractivity contribution in [3.05, 3.63) is 53.4 Å². The van der Waals surface area contributed by atoms with E-state index in [1.54, 1.807) is 24.4 Å². The number of aliphatic hydroxyl groups excluding tert-OH is 1. The fourth-order valence-electron chi connectivity index (χ4n) is 1.36. The molecule has 0 fully saturated rings. The number of rotatable bonds is 2. The van der Waals surface area contributed by atoms with Crippen LogP contribution in [-0.2, 0) is 6.54 Å². The third-order valence-electron chi connectivity index (χ3n) is 2.18. The number of nitrogens with zero attached hydrogens (tertiary/aromatic N) is 2. The van der Waals surface area contributed by atoms with E-state index in [0.29, 0.717) is 17.3 Å². The van der Waals surface area contributed by atoms with Gasteiger partial charge in [0.05, 0.1) is 18.0 Å².